The van der Waals surface area contributed by atoms with Crippen molar-refractivity contribution in [2.45, 2.75) is 25.3 Å². The molecule has 0 spiro atoms. The summed E-state index contributed by atoms with van der Waals surface area (Å²) in [6, 6.07) is 10.4. The van der Waals surface area contributed by atoms with Crippen LogP contribution in [0.2, 0.25) is 0 Å². The molecule has 1 aromatic carbocycles. The molecular formula is C12H13NOS. The molecule has 0 aromatic heterocycles. The van der Waals surface area contributed by atoms with Crippen LogP contribution in [0.3, 0.4) is 0 Å². The number of hydrogen-bond acceptors (Lipinski definition) is 2. The van der Waals surface area contributed by atoms with Gasteiger partial charge in [0.05, 0.1) is 0 Å². The predicted molar refractivity (Wildman–Crippen MR) is 63.9 cm³/mol. The van der Waals surface area contributed by atoms with Crippen molar-refractivity contribution >= 4 is 23.0 Å². The maximum atomic E-state index is 10.7. The zero-order valence-corrected chi connectivity index (χ0v) is 9.22. The van der Waals surface area contributed by atoms with E-state index in [1.54, 1.807) is 0 Å². The van der Waals surface area contributed by atoms with Crippen molar-refractivity contribution in [2.75, 3.05) is 0 Å². The van der Waals surface area contributed by atoms with E-state index in [9.17, 15) is 4.79 Å². The summed E-state index contributed by atoms with van der Waals surface area (Å²) in [6.45, 7) is 0. The number of nitrogens with one attached hydrogen (secondary N) is 1. The van der Waals surface area contributed by atoms with E-state index in [4.69, 9.17) is 12.2 Å². The third kappa shape index (κ3) is 2.63. The highest BCUT2D eigenvalue weighted by Crippen LogP contribution is 2.14. The van der Waals surface area contributed by atoms with Crippen LogP contribution in [0.4, 0.5) is 0 Å². The standard InChI is InChI=1S/C12H13NOS/c14-12-8-10(13-12)6-7-11(15)9-4-2-1-3-5-9/h1-5,10H,6-8H2,(H,13,14). The summed E-state index contributed by atoms with van der Waals surface area (Å²) < 4.78 is 0. The number of carbonyl (C=O) groups is 1. The average Bonchev–Trinajstić information content (AvgIpc) is 2.23. The van der Waals surface area contributed by atoms with E-state index in [1.165, 1.54) is 0 Å². The SMILES string of the molecule is O=C1CC(CCC(=S)c2ccccc2)N1. The maximum Gasteiger partial charge on any atom is 0.222 e. The number of hydrogen-bond donors (Lipinski definition) is 1. The highest BCUT2D eigenvalue weighted by Gasteiger charge is 2.24. The minimum atomic E-state index is 0.158. The van der Waals surface area contributed by atoms with Crippen LogP contribution in [-0.2, 0) is 4.79 Å². The van der Waals surface area contributed by atoms with Crippen LogP contribution in [0.1, 0.15) is 24.8 Å². The molecular weight excluding hydrogens is 206 g/mol. The number of thiocarbonyl (C=S) groups is 1. The van der Waals surface area contributed by atoms with Gasteiger partial charge < -0.3 is 5.32 Å². The average molecular weight is 219 g/mol. The molecule has 0 bridgehead atoms. The largest absolute Gasteiger partial charge is 0.353 e. The van der Waals surface area contributed by atoms with Crippen molar-refractivity contribution in [3.63, 3.8) is 0 Å². The highest BCUT2D eigenvalue weighted by atomic mass is 32.1. The summed E-state index contributed by atoms with van der Waals surface area (Å²) in [5.74, 6) is 0.158. The Balaban J connectivity index is 1.80. The second-order valence-electron chi connectivity index (χ2n) is 3.80. The van der Waals surface area contributed by atoms with Crippen LogP contribution in [0.5, 0.6) is 0 Å². The molecule has 1 aromatic rings. The van der Waals surface area contributed by atoms with E-state index in [1.807, 2.05) is 30.3 Å². The fraction of sp³-hybridized carbons (Fsp3) is 0.333. The normalized spacial score (nSPS) is 19.2. The smallest absolute Gasteiger partial charge is 0.222 e. The molecule has 15 heavy (non-hydrogen) atoms. The lowest BCUT2D eigenvalue weighted by Gasteiger charge is -2.26. The van der Waals surface area contributed by atoms with Crippen molar-refractivity contribution in [3.05, 3.63) is 35.9 Å². The van der Waals surface area contributed by atoms with E-state index in [-0.39, 0.29) is 5.91 Å². The molecule has 1 fully saturated rings. The lowest BCUT2D eigenvalue weighted by atomic mass is 9.98. The predicted octanol–water partition coefficient (Wildman–Crippen LogP) is 2.07. The van der Waals surface area contributed by atoms with Gasteiger partial charge in [0.1, 0.15) is 0 Å². The molecule has 0 aliphatic carbocycles. The molecule has 1 N–H and O–H groups in total. The molecule has 1 saturated heterocycles. The van der Waals surface area contributed by atoms with Gasteiger partial charge in [-0.15, -0.1) is 0 Å². The van der Waals surface area contributed by atoms with Crippen molar-refractivity contribution in [1.29, 1.82) is 0 Å². The van der Waals surface area contributed by atoms with Crippen molar-refractivity contribution in [1.82, 2.24) is 5.32 Å². The Hall–Kier alpha value is -1.22. The molecule has 2 rings (SSSR count). The number of β-lactam (4-membered cyclic amide) rings is 1. The summed E-state index contributed by atoms with van der Waals surface area (Å²) in [5.41, 5.74) is 1.12. The van der Waals surface area contributed by atoms with E-state index in [0.717, 1.165) is 23.3 Å². The Labute approximate surface area is 94.7 Å². The van der Waals surface area contributed by atoms with Crippen LogP contribution < -0.4 is 5.32 Å². The van der Waals surface area contributed by atoms with Crippen LogP contribution in [0, 0.1) is 0 Å². The van der Waals surface area contributed by atoms with E-state index >= 15 is 0 Å². The molecule has 1 unspecified atom stereocenters. The molecule has 1 amide bonds. The van der Waals surface area contributed by atoms with Gasteiger partial charge in [-0.2, -0.15) is 0 Å². The molecule has 2 nitrogen and oxygen atoms in total. The lowest BCUT2D eigenvalue weighted by Crippen LogP contribution is -2.48. The van der Waals surface area contributed by atoms with Crippen LogP contribution in [0.15, 0.2) is 30.3 Å². The Morgan fingerprint density at radius 1 is 1.40 bits per heavy atom. The van der Waals surface area contributed by atoms with Gasteiger partial charge in [0, 0.05) is 17.3 Å². The summed E-state index contributed by atoms with van der Waals surface area (Å²) >= 11 is 5.33. The quantitative estimate of drug-likeness (QED) is 0.477. The monoisotopic (exact) mass is 219 g/mol. The number of benzene rings is 1. The summed E-state index contributed by atoms with van der Waals surface area (Å²) in [6.07, 6.45) is 2.50. The van der Waals surface area contributed by atoms with E-state index in [0.29, 0.717) is 12.5 Å². The van der Waals surface area contributed by atoms with Crippen molar-refractivity contribution in [3.8, 4) is 0 Å². The van der Waals surface area contributed by atoms with Gasteiger partial charge in [-0.25, -0.2) is 0 Å². The van der Waals surface area contributed by atoms with Gasteiger partial charge in [-0.1, -0.05) is 42.5 Å². The molecule has 1 atom stereocenters. The van der Waals surface area contributed by atoms with Crippen LogP contribution >= 0.6 is 12.2 Å². The zero-order chi connectivity index (χ0) is 10.7. The molecule has 1 aliphatic heterocycles. The van der Waals surface area contributed by atoms with E-state index in [2.05, 4.69) is 5.32 Å². The fourth-order valence-electron chi connectivity index (χ4n) is 1.68. The summed E-state index contributed by atoms with van der Waals surface area (Å²) in [5, 5.41) is 2.85. The second-order valence-corrected chi connectivity index (χ2v) is 4.29. The van der Waals surface area contributed by atoms with Crippen LogP contribution in [0.25, 0.3) is 0 Å². The molecule has 78 valence electrons. The first-order valence-corrected chi connectivity index (χ1v) is 5.54. The minimum Gasteiger partial charge on any atom is -0.353 e. The summed E-state index contributed by atoms with van der Waals surface area (Å²) in [4.78, 5) is 11.7. The van der Waals surface area contributed by atoms with Gasteiger partial charge in [0.2, 0.25) is 5.91 Å². The van der Waals surface area contributed by atoms with Gasteiger partial charge in [0.25, 0.3) is 0 Å². The number of rotatable bonds is 4. The Morgan fingerprint density at radius 2 is 2.07 bits per heavy atom. The number of carbonyl (C=O) groups excluding carboxylic acids is 1. The zero-order valence-electron chi connectivity index (χ0n) is 8.40. The highest BCUT2D eigenvalue weighted by molar-refractivity contribution is 7.80. The molecule has 0 radical (unpaired) electrons. The Bertz CT molecular complexity index is 366. The Morgan fingerprint density at radius 3 is 2.67 bits per heavy atom. The first-order chi connectivity index (χ1) is 7.25. The molecule has 1 aliphatic rings. The van der Waals surface area contributed by atoms with Crippen molar-refractivity contribution in [2.24, 2.45) is 0 Å². The number of amides is 1. The maximum absolute atomic E-state index is 10.7. The van der Waals surface area contributed by atoms with Crippen molar-refractivity contribution < 1.29 is 4.79 Å². The van der Waals surface area contributed by atoms with Gasteiger partial charge in [-0.3, -0.25) is 4.79 Å². The van der Waals surface area contributed by atoms with Gasteiger partial charge >= 0.3 is 0 Å². The third-order valence-corrected chi connectivity index (χ3v) is 3.05. The second kappa shape index (κ2) is 4.53. The molecule has 0 saturated carbocycles. The topological polar surface area (TPSA) is 29.1 Å². The third-order valence-electron chi connectivity index (χ3n) is 2.61. The lowest BCUT2D eigenvalue weighted by molar-refractivity contribution is -0.128. The van der Waals surface area contributed by atoms with Crippen LogP contribution in [-0.4, -0.2) is 16.8 Å². The molecule has 1 heterocycles. The Kier molecular flexibility index (Phi) is 3.11. The first-order valence-electron chi connectivity index (χ1n) is 5.13. The molecule has 3 heteroatoms. The fourth-order valence-corrected chi connectivity index (χ4v) is 1.93. The van der Waals surface area contributed by atoms with E-state index < -0.39 is 0 Å². The first kappa shape index (κ1) is 10.3. The van der Waals surface area contributed by atoms with Gasteiger partial charge in [0.15, 0.2) is 0 Å². The minimum absolute atomic E-state index is 0.158. The summed E-state index contributed by atoms with van der Waals surface area (Å²) in [7, 11) is 0. The van der Waals surface area contributed by atoms with Gasteiger partial charge in [-0.05, 0) is 18.4 Å².